The fraction of sp³-hybridized carbons (Fsp3) is 0.556. The van der Waals surface area contributed by atoms with Crippen molar-refractivity contribution in [2.45, 2.75) is 33.2 Å². The number of carbonyl (C=O) groups is 1. The van der Waals surface area contributed by atoms with Gasteiger partial charge in [0.05, 0.1) is 24.0 Å². The third kappa shape index (κ3) is 6.96. The number of nitrogens with one attached hydrogen (secondary N) is 1. The minimum Gasteiger partial charge on any atom is -0.466 e. The number of nitrogens with zero attached hydrogens (tertiary/aromatic N) is 3. The number of rotatable bonds is 6. The monoisotopic (exact) mass is 490 g/mol. The van der Waals surface area contributed by atoms with Crippen LogP contribution in [0.15, 0.2) is 29.3 Å². The van der Waals surface area contributed by atoms with E-state index >= 15 is 0 Å². The van der Waals surface area contributed by atoms with Crippen molar-refractivity contribution in [1.29, 1.82) is 0 Å². The number of ether oxygens (including phenoxy) is 1. The van der Waals surface area contributed by atoms with Gasteiger partial charge < -0.3 is 15.0 Å². The highest BCUT2D eigenvalue weighted by Crippen LogP contribution is 2.19. The van der Waals surface area contributed by atoms with Gasteiger partial charge in [-0.05, 0) is 32.3 Å². The number of hydrogen-bond acceptors (Lipinski definition) is 5. The standard InChI is InChI=1S/C18H26N4O4.HI/c1-3-19-18(20-13-14-5-7-16(8-6-14)22(24)25)21-11-9-15(10-12-21)17(23)26-4-2;/h5-8,15H,3-4,9-13H2,1-2H3,(H,19,20);1H. The number of nitro benzene ring substituents is 1. The number of non-ortho nitro benzene ring substituents is 1. The molecule has 1 fully saturated rings. The molecule has 1 saturated heterocycles. The SMILES string of the molecule is CCNC(=NCc1ccc([N+](=O)[O-])cc1)N1CCC(C(=O)OCC)CC1.I. The number of benzene rings is 1. The first kappa shape index (κ1) is 23.1. The zero-order valence-corrected chi connectivity index (χ0v) is 18.0. The van der Waals surface area contributed by atoms with Crippen LogP contribution in [0.25, 0.3) is 0 Å². The van der Waals surface area contributed by atoms with E-state index in [-0.39, 0.29) is 41.6 Å². The van der Waals surface area contributed by atoms with Crippen molar-refractivity contribution in [3.05, 3.63) is 39.9 Å². The summed E-state index contributed by atoms with van der Waals surface area (Å²) in [6.45, 7) is 6.92. The maximum atomic E-state index is 11.9. The van der Waals surface area contributed by atoms with Crippen LogP contribution in [0.2, 0.25) is 0 Å². The molecule has 1 N–H and O–H groups in total. The summed E-state index contributed by atoms with van der Waals surface area (Å²) in [5, 5.41) is 14.0. The van der Waals surface area contributed by atoms with Gasteiger partial charge in [0.25, 0.3) is 5.69 Å². The minimum absolute atomic E-state index is 0. The molecule has 0 aromatic heterocycles. The van der Waals surface area contributed by atoms with Crippen molar-refractivity contribution in [1.82, 2.24) is 10.2 Å². The zero-order valence-electron chi connectivity index (χ0n) is 15.7. The third-order valence-corrected chi connectivity index (χ3v) is 4.31. The van der Waals surface area contributed by atoms with E-state index in [1.807, 2.05) is 13.8 Å². The smallest absolute Gasteiger partial charge is 0.309 e. The van der Waals surface area contributed by atoms with Crippen LogP contribution in [0.4, 0.5) is 5.69 Å². The Morgan fingerprint density at radius 3 is 2.44 bits per heavy atom. The first-order valence-electron chi connectivity index (χ1n) is 8.98. The second-order valence-corrected chi connectivity index (χ2v) is 6.11. The molecule has 0 spiro atoms. The van der Waals surface area contributed by atoms with Crippen LogP contribution in [0.1, 0.15) is 32.3 Å². The molecular formula is C18H27IN4O4. The molecule has 1 heterocycles. The van der Waals surface area contributed by atoms with Crippen LogP contribution in [-0.4, -0.2) is 48.0 Å². The van der Waals surface area contributed by atoms with E-state index in [1.54, 1.807) is 12.1 Å². The van der Waals surface area contributed by atoms with E-state index < -0.39 is 4.92 Å². The van der Waals surface area contributed by atoms with Gasteiger partial charge in [-0.1, -0.05) is 12.1 Å². The Hall–Kier alpha value is -1.91. The molecule has 0 amide bonds. The highest BCUT2D eigenvalue weighted by Gasteiger charge is 2.27. The quantitative estimate of drug-likeness (QED) is 0.165. The molecule has 8 nitrogen and oxygen atoms in total. The van der Waals surface area contributed by atoms with E-state index in [0.29, 0.717) is 13.2 Å². The Kier molecular flexibility index (Phi) is 10.0. The molecule has 1 aromatic rings. The lowest BCUT2D eigenvalue weighted by molar-refractivity contribution is -0.384. The fourth-order valence-electron chi connectivity index (χ4n) is 2.90. The molecule has 0 aliphatic carbocycles. The number of guanidine groups is 1. The molecule has 0 unspecified atom stereocenters. The predicted octanol–water partition coefficient (Wildman–Crippen LogP) is 2.95. The van der Waals surface area contributed by atoms with E-state index in [1.165, 1.54) is 12.1 Å². The molecule has 27 heavy (non-hydrogen) atoms. The average Bonchev–Trinajstić information content (AvgIpc) is 2.66. The molecule has 1 aliphatic heterocycles. The number of halogens is 1. The second-order valence-electron chi connectivity index (χ2n) is 6.11. The van der Waals surface area contributed by atoms with E-state index in [9.17, 15) is 14.9 Å². The Morgan fingerprint density at radius 2 is 1.93 bits per heavy atom. The van der Waals surface area contributed by atoms with Gasteiger partial charge in [-0.3, -0.25) is 14.9 Å². The Labute approximate surface area is 176 Å². The van der Waals surface area contributed by atoms with Crippen molar-refractivity contribution >= 4 is 41.6 Å². The van der Waals surface area contributed by atoms with Gasteiger partial charge in [0.1, 0.15) is 0 Å². The molecule has 150 valence electrons. The number of aliphatic imine (C=N–C) groups is 1. The highest BCUT2D eigenvalue weighted by molar-refractivity contribution is 14.0. The highest BCUT2D eigenvalue weighted by atomic mass is 127. The van der Waals surface area contributed by atoms with Crippen molar-refractivity contribution in [2.24, 2.45) is 10.9 Å². The lowest BCUT2D eigenvalue weighted by Gasteiger charge is -2.33. The first-order valence-corrected chi connectivity index (χ1v) is 8.98. The summed E-state index contributed by atoms with van der Waals surface area (Å²) in [5.41, 5.74) is 0.984. The third-order valence-electron chi connectivity index (χ3n) is 4.31. The van der Waals surface area contributed by atoms with Gasteiger partial charge in [0.2, 0.25) is 0 Å². The summed E-state index contributed by atoms with van der Waals surface area (Å²) < 4.78 is 5.11. The Morgan fingerprint density at radius 1 is 1.30 bits per heavy atom. The average molecular weight is 490 g/mol. The van der Waals surface area contributed by atoms with Crippen LogP contribution in [-0.2, 0) is 16.1 Å². The van der Waals surface area contributed by atoms with Crippen molar-refractivity contribution in [3.63, 3.8) is 0 Å². The van der Waals surface area contributed by atoms with Gasteiger partial charge in [-0.25, -0.2) is 4.99 Å². The maximum absolute atomic E-state index is 11.9. The minimum atomic E-state index is -0.412. The number of likely N-dealkylation sites (tertiary alicyclic amines) is 1. The van der Waals surface area contributed by atoms with E-state index in [2.05, 4.69) is 15.2 Å². The van der Waals surface area contributed by atoms with Crippen LogP contribution in [0, 0.1) is 16.0 Å². The van der Waals surface area contributed by atoms with Crippen LogP contribution in [0.3, 0.4) is 0 Å². The van der Waals surface area contributed by atoms with Gasteiger partial charge in [0, 0.05) is 31.8 Å². The topological polar surface area (TPSA) is 97.1 Å². The fourth-order valence-corrected chi connectivity index (χ4v) is 2.90. The van der Waals surface area contributed by atoms with E-state index in [0.717, 1.165) is 44.0 Å². The van der Waals surface area contributed by atoms with Crippen molar-refractivity contribution < 1.29 is 14.5 Å². The number of nitro groups is 1. The number of carbonyl (C=O) groups excluding carboxylic acids is 1. The van der Waals surface area contributed by atoms with Crippen molar-refractivity contribution in [3.8, 4) is 0 Å². The van der Waals surface area contributed by atoms with Gasteiger partial charge in [0.15, 0.2) is 5.96 Å². The van der Waals surface area contributed by atoms with Crippen molar-refractivity contribution in [2.75, 3.05) is 26.2 Å². The summed E-state index contributed by atoms with van der Waals surface area (Å²) in [4.78, 5) is 28.9. The summed E-state index contributed by atoms with van der Waals surface area (Å²) in [5.74, 6) is 0.650. The molecule has 9 heteroatoms. The molecule has 1 aliphatic rings. The van der Waals surface area contributed by atoms with Gasteiger partial charge >= 0.3 is 5.97 Å². The normalized spacial score (nSPS) is 15.0. The molecule has 0 bridgehead atoms. The molecule has 0 atom stereocenters. The molecule has 1 aromatic carbocycles. The predicted molar refractivity (Wildman–Crippen MR) is 114 cm³/mol. The lowest BCUT2D eigenvalue weighted by Crippen LogP contribution is -2.46. The molecule has 2 rings (SSSR count). The second kappa shape index (κ2) is 11.7. The first-order chi connectivity index (χ1) is 12.5. The van der Waals surface area contributed by atoms with Gasteiger partial charge in [-0.15, -0.1) is 24.0 Å². The van der Waals surface area contributed by atoms with Gasteiger partial charge in [-0.2, -0.15) is 0 Å². The van der Waals surface area contributed by atoms with E-state index in [4.69, 9.17) is 4.74 Å². The number of piperidine rings is 1. The summed E-state index contributed by atoms with van der Waals surface area (Å²) >= 11 is 0. The van der Waals surface area contributed by atoms with Crippen LogP contribution in [0.5, 0.6) is 0 Å². The zero-order chi connectivity index (χ0) is 18.9. The lowest BCUT2D eigenvalue weighted by atomic mass is 9.97. The largest absolute Gasteiger partial charge is 0.466 e. The summed E-state index contributed by atoms with van der Waals surface area (Å²) in [6.07, 6.45) is 1.50. The van der Waals surface area contributed by atoms with Crippen LogP contribution < -0.4 is 5.32 Å². The number of hydrogen-bond donors (Lipinski definition) is 1. The summed E-state index contributed by atoms with van der Waals surface area (Å²) in [7, 11) is 0. The molecule has 0 radical (unpaired) electrons. The molecule has 0 saturated carbocycles. The Bertz CT molecular complexity index is 643. The number of esters is 1. The van der Waals surface area contributed by atoms with Crippen LogP contribution >= 0.6 is 24.0 Å². The molecular weight excluding hydrogens is 463 g/mol. The Balaban J connectivity index is 0.00000364. The maximum Gasteiger partial charge on any atom is 0.309 e. The summed E-state index contributed by atoms with van der Waals surface area (Å²) in [6, 6.07) is 6.42.